The van der Waals surface area contributed by atoms with Crippen LogP contribution in [0.15, 0.2) is 35.2 Å². The van der Waals surface area contributed by atoms with Crippen molar-refractivity contribution in [2.45, 2.75) is 18.2 Å². The van der Waals surface area contributed by atoms with Crippen molar-refractivity contribution in [3.63, 3.8) is 0 Å². The van der Waals surface area contributed by atoms with Crippen LogP contribution in [0.2, 0.25) is 0 Å². The van der Waals surface area contributed by atoms with E-state index in [9.17, 15) is 4.79 Å². The van der Waals surface area contributed by atoms with Gasteiger partial charge in [-0.05, 0) is 29.5 Å². The highest BCUT2D eigenvalue weighted by molar-refractivity contribution is 7.98. The van der Waals surface area contributed by atoms with Crippen LogP contribution in [0, 0.1) is 6.92 Å². The van der Waals surface area contributed by atoms with Crippen LogP contribution in [0.3, 0.4) is 0 Å². The average Bonchev–Trinajstić information content (AvgIpc) is 2.38. The second-order valence-electron chi connectivity index (χ2n) is 4.24. The lowest BCUT2D eigenvalue weighted by molar-refractivity contribution is -0.139. The van der Waals surface area contributed by atoms with Gasteiger partial charge in [0, 0.05) is 4.90 Å². The molecule has 94 valence electrons. The van der Waals surface area contributed by atoms with Gasteiger partial charge in [-0.25, -0.2) is 0 Å². The van der Waals surface area contributed by atoms with Gasteiger partial charge in [-0.3, -0.25) is 4.79 Å². The quantitative estimate of drug-likeness (QED) is 0.623. The van der Waals surface area contributed by atoms with Gasteiger partial charge in [0.1, 0.15) is 0 Å². The topological polar surface area (TPSA) is 26.3 Å². The summed E-state index contributed by atoms with van der Waals surface area (Å²) in [6.07, 6.45) is 2.37. The predicted molar refractivity (Wildman–Crippen MR) is 76.2 cm³/mol. The Bertz CT molecular complexity index is 590. The first-order valence-electron chi connectivity index (χ1n) is 5.78. The number of carbonyl (C=O) groups is 1. The number of hydrogen-bond donors (Lipinski definition) is 0. The summed E-state index contributed by atoms with van der Waals surface area (Å²) in [5.41, 5.74) is 2.28. The van der Waals surface area contributed by atoms with Crippen molar-refractivity contribution >= 4 is 28.5 Å². The summed E-state index contributed by atoms with van der Waals surface area (Å²) in [5.74, 6) is -0.197. The van der Waals surface area contributed by atoms with Crippen molar-refractivity contribution in [3.05, 3.63) is 41.5 Å². The van der Waals surface area contributed by atoms with Crippen LogP contribution in [0.4, 0.5) is 0 Å². The van der Waals surface area contributed by atoms with Gasteiger partial charge in [-0.15, -0.1) is 11.8 Å². The fraction of sp³-hybridized carbons (Fsp3) is 0.267. The van der Waals surface area contributed by atoms with Crippen molar-refractivity contribution < 1.29 is 9.53 Å². The van der Waals surface area contributed by atoms with Crippen LogP contribution in [0.1, 0.15) is 11.1 Å². The van der Waals surface area contributed by atoms with Gasteiger partial charge in [0.15, 0.2) is 0 Å². The Hall–Kier alpha value is -1.48. The number of methoxy groups -OCH3 is 1. The third-order valence-electron chi connectivity index (χ3n) is 2.97. The monoisotopic (exact) mass is 260 g/mol. The minimum absolute atomic E-state index is 0.197. The van der Waals surface area contributed by atoms with E-state index in [0.29, 0.717) is 6.42 Å². The molecule has 3 heteroatoms. The van der Waals surface area contributed by atoms with E-state index in [1.807, 2.05) is 12.3 Å². The van der Waals surface area contributed by atoms with Crippen molar-refractivity contribution in [2.75, 3.05) is 13.4 Å². The van der Waals surface area contributed by atoms with Gasteiger partial charge in [-0.2, -0.15) is 0 Å². The minimum Gasteiger partial charge on any atom is -0.469 e. The normalized spacial score (nSPS) is 10.6. The van der Waals surface area contributed by atoms with Crippen LogP contribution in [0.25, 0.3) is 10.8 Å². The number of thioether (sulfide) groups is 1. The van der Waals surface area contributed by atoms with Crippen molar-refractivity contribution in [2.24, 2.45) is 0 Å². The van der Waals surface area contributed by atoms with Gasteiger partial charge in [0.25, 0.3) is 0 Å². The number of hydrogen-bond acceptors (Lipinski definition) is 3. The fourth-order valence-corrected chi connectivity index (χ4v) is 2.88. The lowest BCUT2D eigenvalue weighted by Crippen LogP contribution is -2.05. The molecule has 0 aliphatic carbocycles. The minimum atomic E-state index is -0.197. The third-order valence-corrected chi connectivity index (χ3v) is 3.86. The molecule has 0 N–H and O–H groups in total. The smallest absolute Gasteiger partial charge is 0.310 e. The number of fused-ring (bicyclic) bond motifs is 1. The first-order chi connectivity index (χ1) is 8.65. The molecule has 0 heterocycles. The van der Waals surface area contributed by atoms with Crippen molar-refractivity contribution in [1.29, 1.82) is 0 Å². The van der Waals surface area contributed by atoms with E-state index in [1.165, 1.54) is 23.4 Å². The fourth-order valence-electron chi connectivity index (χ4n) is 2.07. The number of ether oxygens (including phenoxy) is 1. The van der Waals surface area contributed by atoms with E-state index < -0.39 is 0 Å². The summed E-state index contributed by atoms with van der Waals surface area (Å²) < 4.78 is 4.74. The maximum atomic E-state index is 11.4. The predicted octanol–water partition coefficient (Wildman–Crippen LogP) is 3.59. The molecule has 0 spiro atoms. The highest BCUT2D eigenvalue weighted by Gasteiger charge is 2.10. The standard InChI is InChI=1S/C15H16O2S/c1-10-4-7-13-11(8-10)5-6-12(15(13)18-3)9-14(16)17-2/h4-8H,9H2,1-3H3. The summed E-state index contributed by atoms with van der Waals surface area (Å²) in [7, 11) is 1.42. The third kappa shape index (κ3) is 2.51. The molecule has 0 aromatic heterocycles. The lowest BCUT2D eigenvalue weighted by Gasteiger charge is -2.10. The molecule has 0 saturated heterocycles. The van der Waals surface area contributed by atoms with Gasteiger partial charge in [0.05, 0.1) is 13.5 Å². The molecule has 0 amide bonds. The van der Waals surface area contributed by atoms with E-state index in [4.69, 9.17) is 4.74 Å². The molecule has 0 saturated carbocycles. The van der Waals surface area contributed by atoms with Crippen LogP contribution < -0.4 is 0 Å². The second kappa shape index (κ2) is 5.44. The zero-order valence-electron chi connectivity index (χ0n) is 10.8. The molecule has 2 aromatic rings. The van der Waals surface area contributed by atoms with Crippen LogP contribution in [0.5, 0.6) is 0 Å². The highest BCUT2D eigenvalue weighted by atomic mass is 32.2. The molecule has 0 aliphatic heterocycles. The van der Waals surface area contributed by atoms with Crippen LogP contribution in [-0.4, -0.2) is 19.3 Å². The molecule has 0 unspecified atom stereocenters. The number of benzene rings is 2. The molecular weight excluding hydrogens is 244 g/mol. The van der Waals surface area contributed by atoms with E-state index in [1.54, 1.807) is 11.8 Å². The zero-order valence-corrected chi connectivity index (χ0v) is 11.6. The molecule has 0 bridgehead atoms. The highest BCUT2D eigenvalue weighted by Crippen LogP contribution is 2.31. The molecule has 0 atom stereocenters. The molecule has 0 fully saturated rings. The molecular formula is C15H16O2S. The van der Waals surface area contributed by atoms with E-state index in [2.05, 4.69) is 31.2 Å². The first kappa shape index (κ1) is 13.0. The second-order valence-corrected chi connectivity index (χ2v) is 5.05. The largest absolute Gasteiger partial charge is 0.469 e. The number of rotatable bonds is 3. The molecule has 2 aromatic carbocycles. The van der Waals surface area contributed by atoms with Gasteiger partial charge >= 0.3 is 5.97 Å². The van der Waals surface area contributed by atoms with Gasteiger partial charge in [0.2, 0.25) is 0 Å². The van der Waals surface area contributed by atoms with E-state index >= 15 is 0 Å². The summed E-state index contributed by atoms with van der Waals surface area (Å²) in [4.78, 5) is 12.6. The summed E-state index contributed by atoms with van der Waals surface area (Å²) >= 11 is 1.68. The van der Waals surface area contributed by atoms with Crippen LogP contribution in [-0.2, 0) is 16.0 Å². The maximum absolute atomic E-state index is 11.4. The Morgan fingerprint density at radius 3 is 2.72 bits per heavy atom. The zero-order chi connectivity index (χ0) is 13.1. The summed E-state index contributed by atoms with van der Waals surface area (Å²) in [5, 5.41) is 2.42. The Kier molecular flexibility index (Phi) is 3.92. The maximum Gasteiger partial charge on any atom is 0.310 e. The van der Waals surface area contributed by atoms with Crippen LogP contribution >= 0.6 is 11.8 Å². The van der Waals surface area contributed by atoms with Gasteiger partial charge < -0.3 is 4.74 Å². The lowest BCUT2D eigenvalue weighted by atomic mass is 10.0. The van der Waals surface area contributed by atoms with Crippen molar-refractivity contribution in [1.82, 2.24) is 0 Å². The first-order valence-corrected chi connectivity index (χ1v) is 7.01. The SMILES string of the molecule is COC(=O)Cc1ccc2cc(C)ccc2c1SC. The molecule has 2 nitrogen and oxygen atoms in total. The molecule has 18 heavy (non-hydrogen) atoms. The van der Waals surface area contributed by atoms with E-state index in [-0.39, 0.29) is 5.97 Å². The molecule has 0 aliphatic rings. The Morgan fingerprint density at radius 1 is 1.28 bits per heavy atom. The average molecular weight is 260 g/mol. The molecule has 0 radical (unpaired) electrons. The van der Waals surface area contributed by atoms with Crippen molar-refractivity contribution in [3.8, 4) is 0 Å². The molecule has 2 rings (SSSR count). The number of carbonyl (C=O) groups excluding carboxylic acids is 1. The number of aryl methyl sites for hydroxylation is 1. The Balaban J connectivity index is 2.55. The van der Waals surface area contributed by atoms with E-state index in [0.717, 1.165) is 10.5 Å². The Labute approximate surface area is 111 Å². The summed E-state index contributed by atoms with van der Waals surface area (Å²) in [6.45, 7) is 2.08. The van der Waals surface area contributed by atoms with Gasteiger partial charge in [-0.1, -0.05) is 35.9 Å². The number of esters is 1. The Morgan fingerprint density at radius 2 is 2.06 bits per heavy atom. The summed E-state index contributed by atoms with van der Waals surface area (Å²) in [6, 6.07) is 10.5.